The van der Waals surface area contributed by atoms with Crippen LogP contribution < -0.4 is 16.0 Å². The maximum Gasteiger partial charge on any atom is 0.271 e. The number of hydrogen-bond acceptors (Lipinski definition) is 3. The minimum atomic E-state index is -0.255. The van der Waals surface area contributed by atoms with Crippen molar-refractivity contribution in [2.24, 2.45) is 0 Å². The summed E-state index contributed by atoms with van der Waals surface area (Å²) in [6.07, 6.45) is 0. The predicted molar refractivity (Wildman–Crippen MR) is 68.2 cm³/mol. The first-order chi connectivity index (χ1) is 8.11. The second kappa shape index (κ2) is 4.33. The second-order valence-electron chi connectivity index (χ2n) is 3.82. The molecule has 0 fully saturated rings. The van der Waals surface area contributed by atoms with Crippen LogP contribution in [0.15, 0.2) is 35.1 Å². The van der Waals surface area contributed by atoms with Crippen LogP contribution in [0.3, 0.4) is 0 Å². The fourth-order valence-electron chi connectivity index (χ4n) is 1.73. The molecule has 0 aliphatic carbocycles. The van der Waals surface area contributed by atoms with Gasteiger partial charge < -0.3 is 15.5 Å². The number of aryl methyl sites for hydroxylation is 1. The molecule has 2 rings (SSSR count). The minimum absolute atomic E-state index is 0.216. The highest BCUT2D eigenvalue weighted by Crippen LogP contribution is 2.25. The Balaban J connectivity index is 2.59. The number of aromatic nitrogens is 1. The predicted octanol–water partition coefficient (Wildman–Crippen LogP) is 1.94. The van der Waals surface area contributed by atoms with Gasteiger partial charge in [-0.1, -0.05) is 12.1 Å². The fourth-order valence-corrected chi connectivity index (χ4v) is 1.73. The molecule has 0 amide bonds. The van der Waals surface area contributed by atoms with Crippen molar-refractivity contribution in [2.45, 2.75) is 6.92 Å². The molecule has 0 aliphatic rings. The number of ether oxygens (including phenoxy) is 1. The molecule has 0 bridgehead atoms. The third-order valence-corrected chi connectivity index (χ3v) is 2.65. The van der Waals surface area contributed by atoms with Crippen molar-refractivity contribution in [3.05, 3.63) is 46.4 Å². The molecule has 0 saturated heterocycles. The van der Waals surface area contributed by atoms with E-state index >= 15 is 0 Å². The molecule has 0 unspecified atom stereocenters. The summed E-state index contributed by atoms with van der Waals surface area (Å²) >= 11 is 0. The zero-order valence-corrected chi connectivity index (χ0v) is 9.78. The van der Waals surface area contributed by atoms with Crippen LogP contribution in [0.4, 0.5) is 5.69 Å². The summed E-state index contributed by atoms with van der Waals surface area (Å²) in [5.74, 6) is 0.770. The van der Waals surface area contributed by atoms with Gasteiger partial charge >= 0.3 is 0 Å². The van der Waals surface area contributed by atoms with Crippen molar-refractivity contribution in [3.63, 3.8) is 0 Å². The average Bonchev–Trinajstić information content (AvgIpc) is 2.34. The lowest BCUT2D eigenvalue weighted by Crippen LogP contribution is -2.13. The fraction of sp³-hybridized carbons (Fsp3) is 0.154. The number of methoxy groups -OCH3 is 1. The Morgan fingerprint density at radius 1 is 1.29 bits per heavy atom. The largest absolute Gasteiger partial charge is 0.497 e. The number of hydrogen-bond donors (Lipinski definition) is 2. The standard InChI is InChI=1S/C13H14N2O2/c1-8-11(7-12(14)13(16)15-8)9-4-3-5-10(6-9)17-2/h3-7H,14H2,1-2H3,(H,15,16). The topological polar surface area (TPSA) is 68.1 Å². The Morgan fingerprint density at radius 3 is 2.76 bits per heavy atom. The van der Waals surface area contributed by atoms with Crippen LogP contribution in [0, 0.1) is 6.92 Å². The van der Waals surface area contributed by atoms with Crippen LogP contribution in [-0.2, 0) is 0 Å². The summed E-state index contributed by atoms with van der Waals surface area (Å²) in [4.78, 5) is 14.1. The van der Waals surface area contributed by atoms with E-state index in [4.69, 9.17) is 10.5 Å². The molecule has 2 aromatic rings. The molecule has 0 atom stereocenters. The van der Waals surface area contributed by atoms with Crippen molar-refractivity contribution < 1.29 is 4.74 Å². The Hall–Kier alpha value is -2.23. The van der Waals surface area contributed by atoms with Gasteiger partial charge in [-0.25, -0.2) is 0 Å². The van der Waals surface area contributed by atoms with Crippen LogP contribution in [0.25, 0.3) is 11.1 Å². The molecular formula is C13H14N2O2. The lowest BCUT2D eigenvalue weighted by molar-refractivity contribution is 0.415. The summed E-state index contributed by atoms with van der Waals surface area (Å²) in [6, 6.07) is 9.30. The van der Waals surface area contributed by atoms with E-state index in [-0.39, 0.29) is 11.2 Å². The van der Waals surface area contributed by atoms with Gasteiger partial charge in [0.1, 0.15) is 5.75 Å². The molecule has 1 heterocycles. The normalized spacial score (nSPS) is 10.2. The van der Waals surface area contributed by atoms with Gasteiger partial charge in [-0.15, -0.1) is 0 Å². The lowest BCUT2D eigenvalue weighted by atomic mass is 10.0. The SMILES string of the molecule is COc1cccc(-c2cc(N)c(=O)[nH]c2C)c1. The Bertz CT molecular complexity index is 603. The molecule has 0 spiro atoms. The third-order valence-electron chi connectivity index (χ3n) is 2.65. The van der Waals surface area contributed by atoms with E-state index in [9.17, 15) is 4.79 Å². The first kappa shape index (κ1) is 11.3. The summed E-state index contributed by atoms with van der Waals surface area (Å²) in [6.45, 7) is 1.84. The molecule has 4 heteroatoms. The van der Waals surface area contributed by atoms with Crippen LogP contribution in [0.1, 0.15) is 5.69 Å². The van der Waals surface area contributed by atoms with Crippen LogP contribution in [-0.4, -0.2) is 12.1 Å². The van der Waals surface area contributed by atoms with E-state index in [1.807, 2.05) is 31.2 Å². The Kier molecular flexibility index (Phi) is 2.87. The van der Waals surface area contributed by atoms with E-state index in [1.165, 1.54) is 0 Å². The average molecular weight is 230 g/mol. The molecule has 3 N–H and O–H groups in total. The molecule has 4 nitrogen and oxygen atoms in total. The smallest absolute Gasteiger partial charge is 0.271 e. The zero-order chi connectivity index (χ0) is 12.4. The Labute approximate surface area is 99.1 Å². The highest BCUT2D eigenvalue weighted by Gasteiger charge is 2.06. The number of benzene rings is 1. The highest BCUT2D eigenvalue weighted by molar-refractivity contribution is 5.70. The van der Waals surface area contributed by atoms with Gasteiger partial charge in [0.2, 0.25) is 0 Å². The van der Waals surface area contributed by atoms with Crippen LogP contribution in [0.2, 0.25) is 0 Å². The third kappa shape index (κ3) is 2.15. The summed E-state index contributed by atoms with van der Waals surface area (Å²) < 4.78 is 5.17. The maximum atomic E-state index is 11.3. The van der Waals surface area contributed by atoms with Crippen molar-refractivity contribution in [1.29, 1.82) is 0 Å². The van der Waals surface area contributed by atoms with E-state index in [2.05, 4.69) is 4.98 Å². The van der Waals surface area contributed by atoms with Gasteiger partial charge in [0.25, 0.3) is 5.56 Å². The van der Waals surface area contributed by atoms with Gasteiger partial charge in [-0.3, -0.25) is 4.79 Å². The number of anilines is 1. The molecule has 0 saturated carbocycles. The van der Waals surface area contributed by atoms with E-state index in [0.717, 1.165) is 22.6 Å². The zero-order valence-electron chi connectivity index (χ0n) is 9.78. The number of rotatable bonds is 2. The second-order valence-corrected chi connectivity index (χ2v) is 3.82. The summed E-state index contributed by atoms with van der Waals surface area (Å²) in [7, 11) is 1.62. The van der Waals surface area contributed by atoms with Gasteiger partial charge in [0.15, 0.2) is 0 Å². The van der Waals surface area contributed by atoms with Crippen molar-refractivity contribution in [2.75, 3.05) is 12.8 Å². The number of pyridine rings is 1. The molecule has 1 aromatic carbocycles. The van der Waals surface area contributed by atoms with Gasteiger partial charge in [0, 0.05) is 11.3 Å². The van der Waals surface area contributed by atoms with Crippen LogP contribution >= 0.6 is 0 Å². The van der Waals surface area contributed by atoms with E-state index in [1.54, 1.807) is 13.2 Å². The van der Waals surface area contributed by atoms with E-state index in [0.29, 0.717) is 0 Å². The first-order valence-corrected chi connectivity index (χ1v) is 5.25. The molecular weight excluding hydrogens is 216 g/mol. The van der Waals surface area contributed by atoms with Gasteiger partial charge in [-0.2, -0.15) is 0 Å². The van der Waals surface area contributed by atoms with Crippen LogP contribution in [0.5, 0.6) is 5.75 Å². The quantitative estimate of drug-likeness (QED) is 0.828. The summed E-state index contributed by atoms with van der Waals surface area (Å²) in [5.41, 5.74) is 8.24. The number of nitrogen functional groups attached to an aromatic ring is 1. The monoisotopic (exact) mass is 230 g/mol. The van der Waals surface area contributed by atoms with E-state index < -0.39 is 0 Å². The number of aromatic amines is 1. The van der Waals surface area contributed by atoms with Gasteiger partial charge in [0.05, 0.1) is 12.8 Å². The molecule has 17 heavy (non-hydrogen) atoms. The summed E-state index contributed by atoms with van der Waals surface area (Å²) in [5, 5.41) is 0. The van der Waals surface area contributed by atoms with Crippen molar-refractivity contribution >= 4 is 5.69 Å². The molecule has 88 valence electrons. The Morgan fingerprint density at radius 2 is 2.06 bits per heavy atom. The molecule has 0 radical (unpaired) electrons. The maximum absolute atomic E-state index is 11.3. The number of H-pyrrole nitrogens is 1. The molecule has 1 aromatic heterocycles. The molecule has 0 aliphatic heterocycles. The van der Waals surface area contributed by atoms with Gasteiger partial charge in [-0.05, 0) is 30.7 Å². The first-order valence-electron chi connectivity index (χ1n) is 5.25. The van der Waals surface area contributed by atoms with Crippen molar-refractivity contribution in [1.82, 2.24) is 4.98 Å². The van der Waals surface area contributed by atoms with Crippen molar-refractivity contribution in [3.8, 4) is 16.9 Å². The number of nitrogens with one attached hydrogen (secondary N) is 1. The minimum Gasteiger partial charge on any atom is -0.497 e. The lowest BCUT2D eigenvalue weighted by Gasteiger charge is -2.08. The highest BCUT2D eigenvalue weighted by atomic mass is 16.5. The number of nitrogens with two attached hydrogens (primary N) is 1.